The van der Waals surface area contributed by atoms with Crippen LogP contribution in [0.25, 0.3) is 0 Å². The van der Waals surface area contributed by atoms with Crippen molar-refractivity contribution in [1.29, 1.82) is 0 Å². The first kappa shape index (κ1) is 10.5. The van der Waals surface area contributed by atoms with Crippen LogP contribution in [-0.2, 0) is 0 Å². The molecule has 0 aliphatic carbocycles. The first-order valence-corrected chi connectivity index (χ1v) is 4.41. The Bertz CT molecular complexity index is 306. The Morgan fingerprint density at radius 2 is 2.29 bits per heavy atom. The number of rotatable bonds is 4. The topological polar surface area (TPSA) is 59.4 Å². The summed E-state index contributed by atoms with van der Waals surface area (Å²) in [6.07, 6.45) is 1.29. The summed E-state index contributed by atoms with van der Waals surface area (Å²) in [5, 5.41) is 8.61. The SMILES string of the molecule is CC(C)COc1ccc(C(=O)O)cn1. The van der Waals surface area contributed by atoms with Crippen molar-refractivity contribution < 1.29 is 14.6 Å². The maximum atomic E-state index is 10.5. The van der Waals surface area contributed by atoms with Gasteiger partial charge in [-0.3, -0.25) is 0 Å². The Hall–Kier alpha value is -1.58. The summed E-state index contributed by atoms with van der Waals surface area (Å²) in [7, 11) is 0. The molecule has 0 aromatic carbocycles. The van der Waals surface area contributed by atoms with Crippen molar-refractivity contribution in [2.75, 3.05) is 6.61 Å². The van der Waals surface area contributed by atoms with E-state index in [0.717, 1.165) is 0 Å². The molecule has 0 saturated carbocycles. The molecule has 76 valence electrons. The minimum atomic E-state index is -0.979. The van der Waals surface area contributed by atoms with Crippen LogP contribution in [0.4, 0.5) is 0 Å². The third-order valence-corrected chi connectivity index (χ3v) is 1.55. The predicted octanol–water partition coefficient (Wildman–Crippen LogP) is 1.81. The molecule has 1 heterocycles. The molecule has 0 aliphatic heterocycles. The lowest BCUT2D eigenvalue weighted by Crippen LogP contribution is -2.06. The van der Waals surface area contributed by atoms with Gasteiger partial charge >= 0.3 is 5.97 Å². The van der Waals surface area contributed by atoms with Crippen molar-refractivity contribution in [2.45, 2.75) is 13.8 Å². The molecule has 0 bridgehead atoms. The number of carbonyl (C=O) groups is 1. The Morgan fingerprint density at radius 3 is 2.71 bits per heavy atom. The molecule has 1 N–H and O–H groups in total. The molecule has 4 heteroatoms. The second kappa shape index (κ2) is 4.60. The van der Waals surface area contributed by atoms with Crippen molar-refractivity contribution in [2.24, 2.45) is 5.92 Å². The molecule has 0 unspecified atom stereocenters. The number of carboxylic acid groups (broad SMARTS) is 1. The molecule has 1 rings (SSSR count). The van der Waals surface area contributed by atoms with Gasteiger partial charge in [0.1, 0.15) is 0 Å². The summed E-state index contributed by atoms with van der Waals surface area (Å²) < 4.78 is 5.30. The molecule has 0 amide bonds. The highest BCUT2D eigenvalue weighted by Gasteiger charge is 2.03. The third-order valence-electron chi connectivity index (χ3n) is 1.55. The Balaban J connectivity index is 2.60. The van der Waals surface area contributed by atoms with E-state index in [0.29, 0.717) is 18.4 Å². The molecule has 0 saturated heterocycles. The summed E-state index contributed by atoms with van der Waals surface area (Å²) in [6, 6.07) is 3.04. The van der Waals surface area contributed by atoms with E-state index in [-0.39, 0.29) is 5.56 Å². The summed E-state index contributed by atoms with van der Waals surface area (Å²) >= 11 is 0. The van der Waals surface area contributed by atoms with Crippen LogP contribution in [-0.4, -0.2) is 22.7 Å². The van der Waals surface area contributed by atoms with Gasteiger partial charge in [0.15, 0.2) is 0 Å². The van der Waals surface area contributed by atoms with Crippen LogP contribution < -0.4 is 4.74 Å². The van der Waals surface area contributed by atoms with Gasteiger partial charge < -0.3 is 9.84 Å². The lowest BCUT2D eigenvalue weighted by atomic mass is 10.2. The van der Waals surface area contributed by atoms with Crippen LogP contribution in [0.5, 0.6) is 5.88 Å². The average molecular weight is 195 g/mol. The van der Waals surface area contributed by atoms with E-state index in [2.05, 4.69) is 4.98 Å². The van der Waals surface area contributed by atoms with Crippen molar-refractivity contribution in [1.82, 2.24) is 4.98 Å². The van der Waals surface area contributed by atoms with Gasteiger partial charge in [-0.2, -0.15) is 0 Å². The molecule has 1 aromatic rings. The number of pyridine rings is 1. The van der Waals surface area contributed by atoms with Crippen LogP contribution in [0.1, 0.15) is 24.2 Å². The van der Waals surface area contributed by atoms with E-state index in [1.807, 2.05) is 13.8 Å². The minimum absolute atomic E-state index is 0.168. The summed E-state index contributed by atoms with van der Waals surface area (Å²) in [5.74, 6) is -0.0902. The lowest BCUT2D eigenvalue weighted by Gasteiger charge is -2.06. The number of carboxylic acids is 1. The molecule has 0 atom stereocenters. The molecule has 0 fully saturated rings. The van der Waals surface area contributed by atoms with Gasteiger partial charge in [-0.25, -0.2) is 9.78 Å². The van der Waals surface area contributed by atoms with E-state index < -0.39 is 5.97 Å². The smallest absolute Gasteiger partial charge is 0.337 e. The Labute approximate surface area is 82.5 Å². The largest absolute Gasteiger partial charge is 0.478 e. The fourth-order valence-corrected chi connectivity index (χ4v) is 0.844. The van der Waals surface area contributed by atoms with E-state index in [9.17, 15) is 4.79 Å². The fourth-order valence-electron chi connectivity index (χ4n) is 0.844. The zero-order chi connectivity index (χ0) is 10.6. The molecular formula is C10H13NO3. The van der Waals surface area contributed by atoms with Crippen LogP contribution >= 0.6 is 0 Å². The summed E-state index contributed by atoms with van der Waals surface area (Å²) in [5.41, 5.74) is 0.168. The van der Waals surface area contributed by atoms with Crippen molar-refractivity contribution in [3.05, 3.63) is 23.9 Å². The highest BCUT2D eigenvalue weighted by Crippen LogP contribution is 2.08. The predicted molar refractivity (Wildman–Crippen MR) is 51.5 cm³/mol. The summed E-state index contributed by atoms with van der Waals surface area (Å²) in [4.78, 5) is 14.4. The fraction of sp³-hybridized carbons (Fsp3) is 0.400. The number of aromatic nitrogens is 1. The highest BCUT2D eigenvalue weighted by molar-refractivity contribution is 5.87. The highest BCUT2D eigenvalue weighted by atomic mass is 16.5. The van der Waals surface area contributed by atoms with Crippen LogP contribution in [0, 0.1) is 5.92 Å². The number of hydrogen-bond acceptors (Lipinski definition) is 3. The zero-order valence-corrected chi connectivity index (χ0v) is 8.23. The van der Waals surface area contributed by atoms with E-state index in [1.54, 1.807) is 6.07 Å². The first-order valence-electron chi connectivity index (χ1n) is 4.41. The molecule has 0 radical (unpaired) electrons. The second-order valence-electron chi connectivity index (χ2n) is 3.40. The Morgan fingerprint density at radius 1 is 1.57 bits per heavy atom. The van der Waals surface area contributed by atoms with Crippen LogP contribution in [0.15, 0.2) is 18.3 Å². The molecule has 1 aromatic heterocycles. The molecule has 14 heavy (non-hydrogen) atoms. The molecule has 0 spiro atoms. The normalized spacial score (nSPS) is 10.2. The van der Waals surface area contributed by atoms with Crippen molar-refractivity contribution in [3.63, 3.8) is 0 Å². The molecule has 0 aliphatic rings. The van der Waals surface area contributed by atoms with Gasteiger partial charge in [-0.15, -0.1) is 0 Å². The quantitative estimate of drug-likeness (QED) is 0.796. The average Bonchev–Trinajstić information content (AvgIpc) is 2.15. The lowest BCUT2D eigenvalue weighted by molar-refractivity contribution is 0.0696. The number of aromatic carboxylic acids is 1. The standard InChI is InChI=1S/C10H13NO3/c1-7(2)6-14-9-4-3-8(5-11-9)10(12)13/h3-5,7H,6H2,1-2H3,(H,12,13). The van der Waals surface area contributed by atoms with Gasteiger partial charge in [-0.1, -0.05) is 13.8 Å². The number of ether oxygens (including phenoxy) is 1. The van der Waals surface area contributed by atoms with Gasteiger partial charge in [0.25, 0.3) is 0 Å². The zero-order valence-electron chi connectivity index (χ0n) is 8.23. The van der Waals surface area contributed by atoms with Gasteiger partial charge in [0.2, 0.25) is 5.88 Å². The maximum Gasteiger partial charge on any atom is 0.337 e. The van der Waals surface area contributed by atoms with Crippen LogP contribution in [0.2, 0.25) is 0 Å². The first-order chi connectivity index (χ1) is 6.59. The van der Waals surface area contributed by atoms with Gasteiger partial charge in [0.05, 0.1) is 12.2 Å². The van der Waals surface area contributed by atoms with Gasteiger partial charge in [-0.05, 0) is 12.0 Å². The molecular weight excluding hydrogens is 182 g/mol. The van der Waals surface area contributed by atoms with E-state index >= 15 is 0 Å². The van der Waals surface area contributed by atoms with Crippen molar-refractivity contribution in [3.8, 4) is 5.88 Å². The minimum Gasteiger partial charge on any atom is -0.478 e. The van der Waals surface area contributed by atoms with E-state index in [4.69, 9.17) is 9.84 Å². The van der Waals surface area contributed by atoms with Crippen LogP contribution in [0.3, 0.4) is 0 Å². The number of hydrogen-bond donors (Lipinski definition) is 1. The van der Waals surface area contributed by atoms with E-state index in [1.165, 1.54) is 12.3 Å². The monoisotopic (exact) mass is 195 g/mol. The second-order valence-corrected chi connectivity index (χ2v) is 3.40. The Kier molecular flexibility index (Phi) is 3.45. The maximum absolute atomic E-state index is 10.5. The van der Waals surface area contributed by atoms with Crippen molar-refractivity contribution >= 4 is 5.97 Å². The van der Waals surface area contributed by atoms with Gasteiger partial charge in [0, 0.05) is 12.3 Å². The summed E-state index contributed by atoms with van der Waals surface area (Å²) in [6.45, 7) is 4.65. The third kappa shape index (κ3) is 3.05. The molecule has 4 nitrogen and oxygen atoms in total. The number of nitrogens with zero attached hydrogens (tertiary/aromatic N) is 1.